The summed E-state index contributed by atoms with van der Waals surface area (Å²) >= 11 is 6.17. The van der Waals surface area contributed by atoms with Crippen LogP contribution in [0.1, 0.15) is 29.7 Å². The van der Waals surface area contributed by atoms with Crippen LogP contribution in [0.25, 0.3) is 0 Å². The van der Waals surface area contributed by atoms with E-state index in [-0.39, 0.29) is 17.7 Å². The van der Waals surface area contributed by atoms with Gasteiger partial charge < -0.3 is 5.32 Å². The molecule has 0 aliphatic rings. The van der Waals surface area contributed by atoms with Gasteiger partial charge in [-0.15, -0.1) is 0 Å². The number of aryl methyl sites for hydroxylation is 1. The van der Waals surface area contributed by atoms with Gasteiger partial charge in [-0.05, 0) is 54.4 Å². The highest BCUT2D eigenvalue weighted by molar-refractivity contribution is 6.31. The maximum Gasteiger partial charge on any atom is 0.126 e. The first-order valence-electron chi connectivity index (χ1n) is 6.47. The van der Waals surface area contributed by atoms with E-state index in [0.29, 0.717) is 22.7 Å². The SMILES string of the molecule is CCNC(c1ccc(F)c(C)c1)c1cc(F)ccc1Cl. The van der Waals surface area contributed by atoms with Crippen molar-refractivity contribution in [1.82, 2.24) is 5.32 Å². The number of hydrogen-bond donors (Lipinski definition) is 1. The van der Waals surface area contributed by atoms with Crippen molar-refractivity contribution in [3.05, 3.63) is 69.7 Å². The van der Waals surface area contributed by atoms with Gasteiger partial charge in [0, 0.05) is 5.02 Å². The zero-order chi connectivity index (χ0) is 14.7. The van der Waals surface area contributed by atoms with Crippen LogP contribution in [0.2, 0.25) is 5.02 Å². The first kappa shape index (κ1) is 14.9. The van der Waals surface area contributed by atoms with Crippen molar-refractivity contribution in [2.75, 3.05) is 6.54 Å². The normalized spacial score (nSPS) is 12.4. The van der Waals surface area contributed by atoms with E-state index < -0.39 is 0 Å². The molecular weight excluding hydrogens is 280 g/mol. The third-order valence-corrected chi connectivity index (χ3v) is 3.54. The molecule has 0 saturated carbocycles. The van der Waals surface area contributed by atoms with Crippen molar-refractivity contribution in [3.63, 3.8) is 0 Å². The largest absolute Gasteiger partial charge is 0.306 e. The smallest absolute Gasteiger partial charge is 0.126 e. The van der Waals surface area contributed by atoms with Gasteiger partial charge in [0.15, 0.2) is 0 Å². The Hall–Kier alpha value is -1.45. The molecule has 0 radical (unpaired) electrons. The average molecular weight is 296 g/mol. The molecule has 0 aliphatic carbocycles. The van der Waals surface area contributed by atoms with E-state index in [1.807, 2.05) is 6.92 Å². The molecule has 1 unspecified atom stereocenters. The van der Waals surface area contributed by atoms with Gasteiger partial charge in [0.2, 0.25) is 0 Å². The second-order valence-electron chi connectivity index (χ2n) is 4.67. The standard InChI is InChI=1S/C16H16ClF2N/c1-3-20-16(11-4-7-15(19)10(2)8-11)13-9-12(18)5-6-14(13)17/h4-9,16,20H,3H2,1-2H3. The van der Waals surface area contributed by atoms with Gasteiger partial charge in [0.25, 0.3) is 0 Å². The molecule has 4 heteroatoms. The van der Waals surface area contributed by atoms with E-state index in [1.165, 1.54) is 24.3 Å². The number of benzene rings is 2. The number of nitrogens with one attached hydrogen (secondary N) is 1. The minimum absolute atomic E-state index is 0.255. The lowest BCUT2D eigenvalue weighted by Crippen LogP contribution is -2.22. The van der Waals surface area contributed by atoms with Gasteiger partial charge in [0.05, 0.1) is 6.04 Å². The van der Waals surface area contributed by atoms with Gasteiger partial charge in [0.1, 0.15) is 11.6 Å². The molecule has 0 spiro atoms. The molecule has 2 aromatic rings. The average Bonchev–Trinajstić information content (AvgIpc) is 2.42. The predicted octanol–water partition coefficient (Wildman–Crippen LogP) is 4.63. The Morgan fingerprint density at radius 3 is 2.55 bits per heavy atom. The van der Waals surface area contributed by atoms with Crippen LogP contribution in [0.5, 0.6) is 0 Å². The van der Waals surface area contributed by atoms with Crippen molar-refractivity contribution < 1.29 is 8.78 Å². The Balaban J connectivity index is 2.49. The topological polar surface area (TPSA) is 12.0 Å². The van der Waals surface area contributed by atoms with Crippen LogP contribution in [-0.4, -0.2) is 6.54 Å². The third-order valence-electron chi connectivity index (χ3n) is 3.19. The van der Waals surface area contributed by atoms with Gasteiger partial charge in [-0.3, -0.25) is 0 Å². The van der Waals surface area contributed by atoms with E-state index in [1.54, 1.807) is 19.1 Å². The summed E-state index contributed by atoms with van der Waals surface area (Å²) in [7, 11) is 0. The fraction of sp³-hybridized carbons (Fsp3) is 0.250. The van der Waals surface area contributed by atoms with Crippen LogP contribution in [-0.2, 0) is 0 Å². The van der Waals surface area contributed by atoms with Gasteiger partial charge in [-0.2, -0.15) is 0 Å². The fourth-order valence-corrected chi connectivity index (χ4v) is 2.42. The van der Waals surface area contributed by atoms with Crippen LogP contribution >= 0.6 is 11.6 Å². The Bertz CT molecular complexity index is 613. The zero-order valence-corrected chi connectivity index (χ0v) is 12.1. The van der Waals surface area contributed by atoms with Gasteiger partial charge in [-0.1, -0.05) is 30.7 Å². The highest BCUT2D eigenvalue weighted by atomic mass is 35.5. The lowest BCUT2D eigenvalue weighted by Gasteiger charge is -2.21. The first-order chi connectivity index (χ1) is 9.52. The quantitative estimate of drug-likeness (QED) is 0.867. The molecule has 2 rings (SSSR count). The molecule has 0 amide bonds. The Morgan fingerprint density at radius 2 is 1.90 bits per heavy atom. The second kappa shape index (κ2) is 6.33. The van der Waals surface area contributed by atoms with Crippen molar-refractivity contribution in [2.45, 2.75) is 19.9 Å². The zero-order valence-electron chi connectivity index (χ0n) is 11.4. The van der Waals surface area contributed by atoms with E-state index in [0.717, 1.165) is 5.56 Å². The van der Waals surface area contributed by atoms with Crippen molar-refractivity contribution in [2.24, 2.45) is 0 Å². The summed E-state index contributed by atoms with van der Waals surface area (Å²) in [6.07, 6.45) is 0. The number of rotatable bonds is 4. The molecule has 2 aromatic carbocycles. The van der Waals surface area contributed by atoms with Crippen LogP contribution in [0.4, 0.5) is 8.78 Å². The molecule has 20 heavy (non-hydrogen) atoms. The van der Waals surface area contributed by atoms with Crippen LogP contribution in [0.15, 0.2) is 36.4 Å². The Labute approximate surface area is 122 Å². The molecule has 0 bridgehead atoms. The monoisotopic (exact) mass is 295 g/mol. The van der Waals surface area contributed by atoms with Gasteiger partial charge in [-0.25, -0.2) is 8.78 Å². The summed E-state index contributed by atoms with van der Waals surface area (Å²) < 4.78 is 26.8. The maximum absolute atomic E-state index is 13.5. The van der Waals surface area contributed by atoms with E-state index >= 15 is 0 Å². The highest BCUT2D eigenvalue weighted by Crippen LogP contribution is 2.29. The summed E-state index contributed by atoms with van der Waals surface area (Å²) in [4.78, 5) is 0. The van der Waals surface area contributed by atoms with Crippen molar-refractivity contribution >= 4 is 11.6 Å². The van der Waals surface area contributed by atoms with Crippen molar-refractivity contribution in [3.8, 4) is 0 Å². The Kier molecular flexibility index (Phi) is 4.73. The fourth-order valence-electron chi connectivity index (χ4n) is 2.19. The minimum atomic E-state index is -0.342. The third kappa shape index (κ3) is 3.17. The van der Waals surface area contributed by atoms with E-state index in [9.17, 15) is 8.78 Å². The predicted molar refractivity (Wildman–Crippen MR) is 78.1 cm³/mol. The molecule has 0 heterocycles. The second-order valence-corrected chi connectivity index (χ2v) is 5.07. The molecule has 0 fully saturated rings. The maximum atomic E-state index is 13.5. The summed E-state index contributed by atoms with van der Waals surface area (Å²) in [6.45, 7) is 4.35. The molecule has 0 aliphatic heterocycles. The van der Waals surface area contributed by atoms with Crippen LogP contribution in [0.3, 0.4) is 0 Å². The lowest BCUT2D eigenvalue weighted by molar-refractivity contribution is 0.596. The summed E-state index contributed by atoms with van der Waals surface area (Å²) in [5.41, 5.74) is 2.07. The molecule has 0 saturated heterocycles. The highest BCUT2D eigenvalue weighted by Gasteiger charge is 2.17. The molecule has 1 atom stereocenters. The van der Waals surface area contributed by atoms with E-state index in [4.69, 9.17) is 11.6 Å². The first-order valence-corrected chi connectivity index (χ1v) is 6.85. The lowest BCUT2D eigenvalue weighted by atomic mass is 9.97. The summed E-state index contributed by atoms with van der Waals surface area (Å²) in [5, 5.41) is 3.74. The number of halogens is 3. The van der Waals surface area contributed by atoms with Crippen molar-refractivity contribution in [1.29, 1.82) is 0 Å². The molecule has 1 N–H and O–H groups in total. The minimum Gasteiger partial charge on any atom is -0.306 e. The molecule has 1 nitrogen and oxygen atoms in total. The summed E-state index contributed by atoms with van der Waals surface area (Å²) in [5.74, 6) is -0.597. The number of hydrogen-bond acceptors (Lipinski definition) is 1. The summed E-state index contributed by atoms with van der Waals surface area (Å²) in [6, 6.07) is 8.87. The molecular formula is C16H16ClF2N. The molecule has 0 aromatic heterocycles. The Morgan fingerprint density at radius 1 is 1.15 bits per heavy atom. The molecule has 106 valence electrons. The van der Waals surface area contributed by atoms with Gasteiger partial charge >= 0.3 is 0 Å². The van der Waals surface area contributed by atoms with E-state index in [2.05, 4.69) is 5.32 Å². The van der Waals surface area contributed by atoms with Crippen LogP contribution < -0.4 is 5.32 Å². The van der Waals surface area contributed by atoms with Crippen LogP contribution in [0, 0.1) is 18.6 Å².